The van der Waals surface area contributed by atoms with Gasteiger partial charge in [-0.3, -0.25) is 4.90 Å². The molecule has 2 aromatic rings. The molecule has 1 aliphatic rings. The number of aryl methyl sites for hydroxylation is 1. The second kappa shape index (κ2) is 5.99. The number of hydrogen-bond donors (Lipinski definition) is 1. The zero-order valence-electron chi connectivity index (χ0n) is 11.6. The molecular formula is C14H15ClN4OS. The third kappa shape index (κ3) is 3.16. The van der Waals surface area contributed by atoms with Crippen LogP contribution in [-0.4, -0.2) is 29.3 Å². The summed E-state index contributed by atoms with van der Waals surface area (Å²) in [5.41, 5.74) is 2.07. The molecule has 3 rings (SSSR count). The maximum atomic E-state index is 12.3. The van der Waals surface area contributed by atoms with Crippen LogP contribution in [-0.2, 0) is 12.8 Å². The second-order valence-corrected chi connectivity index (χ2v) is 6.57. The Morgan fingerprint density at radius 1 is 1.48 bits per heavy atom. The van der Waals surface area contributed by atoms with Gasteiger partial charge in [0.1, 0.15) is 10.0 Å². The molecule has 0 aliphatic carbocycles. The highest BCUT2D eigenvalue weighted by Gasteiger charge is 2.24. The van der Waals surface area contributed by atoms with E-state index >= 15 is 0 Å². The van der Waals surface area contributed by atoms with E-state index in [1.165, 1.54) is 0 Å². The average Bonchev–Trinajstić information content (AvgIpc) is 3.04. The average molecular weight is 323 g/mol. The van der Waals surface area contributed by atoms with Crippen LogP contribution in [0, 0.1) is 6.92 Å². The van der Waals surface area contributed by atoms with Crippen LogP contribution < -0.4 is 10.2 Å². The fraction of sp³-hybridized carbons (Fsp3) is 0.357. The van der Waals surface area contributed by atoms with E-state index in [1.807, 2.05) is 25.1 Å². The van der Waals surface area contributed by atoms with Crippen molar-refractivity contribution in [2.45, 2.75) is 19.8 Å². The quantitative estimate of drug-likeness (QED) is 0.945. The van der Waals surface area contributed by atoms with Gasteiger partial charge < -0.3 is 5.32 Å². The Kier molecular flexibility index (Phi) is 4.07. The van der Waals surface area contributed by atoms with Crippen molar-refractivity contribution in [3.8, 4) is 0 Å². The molecule has 21 heavy (non-hydrogen) atoms. The maximum absolute atomic E-state index is 12.3. The number of hydrogen-bond acceptors (Lipinski definition) is 4. The Morgan fingerprint density at radius 3 is 3.10 bits per heavy atom. The van der Waals surface area contributed by atoms with Gasteiger partial charge in [-0.15, -0.1) is 21.5 Å². The lowest BCUT2D eigenvalue weighted by atomic mass is 10.2. The second-order valence-electron chi connectivity index (χ2n) is 4.87. The molecule has 1 N–H and O–H groups in total. The van der Waals surface area contributed by atoms with Crippen LogP contribution in [0.5, 0.6) is 0 Å². The minimum Gasteiger partial charge on any atom is -0.337 e. The highest BCUT2D eigenvalue weighted by atomic mass is 35.5. The number of rotatable bonds is 3. The highest BCUT2D eigenvalue weighted by molar-refractivity contribution is 7.11. The van der Waals surface area contributed by atoms with E-state index in [1.54, 1.807) is 16.2 Å². The van der Waals surface area contributed by atoms with Crippen LogP contribution in [0.4, 0.5) is 10.5 Å². The molecule has 2 amide bonds. The smallest absolute Gasteiger partial charge is 0.321 e. The molecule has 1 aromatic carbocycles. The van der Waals surface area contributed by atoms with E-state index in [0.717, 1.165) is 27.7 Å². The molecule has 0 radical (unpaired) electrons. The first kappa shape index (κ1) is 14.3. The van der Waals surface area contributed by atoms with Crippen molar-refractivity contribution in [2.75, 3.05) is 18.0 Å². The summed E-state index contributed by atoms with van der Waals surface area (Å²) in [5, 5.41) is 13.5. The van der Waals surface area contributed by atoms with Gasteiger partial charge in [-0.1, -0.05) is 17.7 Å². The van der Waals surface area contributed by atoms with E-state index in [9.17, 15) is 4.79 Å². The molecule has 0 spiro atoms. The van der Waals surface area contributed by atoms with Gasteiger partial charge in [0.25, 0.3) is 0 Å². The van der Waals surface area contributed by atoms with Crippen LogP contribution in [0.15, 0.2) is 18.2 Å². The first-order chi connectivity index (χ1) is 10.1. The van der Waals surface area contributed by atoms with Gasteiger partial charge in [-0.05, 0) is 31.0 Å². The predicted molar refractivity (Wildman–Crippen MR) is 84.3 cm³/mol. The summed E-state index contributed by atoms with van der Waals surface area (Å²) >= 11 is 7.57. The minimum absolute atomic E-state index is 0.0859. The minimum atomic E-state index is -0.0859. The third-order valence-corrected chi connectivity index (χ3v) is 4.50. The molecule has 1 aromatic heterocycles. The van der Waals surface area contributed by atoms with Crippen LogP contribution in [0.25, 0.3) is 0 Å². The topological polar surface area (TPSA) is 58.1 Å². The van der Waals surface area contributed by atoms with Gasteiger partial charge in [-0.2, -0.15) is 0 Å². The molecule has 7 heteroatoms. The number of urea groups is 1. The van der Waals surface area contributed by atoms with E-state index in [4.69, 9.17) is 11.6 Å². The van der Waals surface area contributed by atoms with Crippen LogP contribution in [0.1, 0.15) is 15.6 Å². The van der Waals surface area contributed by atoms with Crippen LogP contribution in [0.2, 0.25) is 5.02 Å². The fourth-order valence-corrected chi connectivity index (χ4v) is 3.25. The van der Waals surface area contributed by atoms with Crippen LogP contribution in [0.3, 0.4) is 0 Å². The molecule has 1 aliphatic heterocycles. The van der Waals surface area contributed by atoms with E-state index < -0.39 is 0 Å². The molecule has 110 valence electrons. The number of nitrogens with zero attached hydrogens (tertiary/aromatic N) is 3. The van der Waals surface area contributed by atoms with E-state index in [2.05, 4.69) is 15.5 Å². The molecule has 0 unspecified atom stereocenters. The monoisotopic (exact) mass is 322 g/mol. The molecule has 0 saturated carbocycles. The van der Waals surface area contributed by atoms with E-state index in [0.29, 0.717) is 24.5 Å². The zero-order valence-corrected chi connectivity index (χ0v) is 13.2. The van der Waals surface area contributed by atoms with Gasteiger partial charge >= 0.3 is 6.03 Å². The standard InChI is InChI=1S/C14H15ClN4OS/c1-9-17-18-13(21-9)4-6-16-14(20)19-7-5-10-2-3-11(15)8-12(10)19/h2-3,8H,4-7H2,1H3,(H,16,20). The van der Waals surface area contributed by atoms with Crippen molar-refractivity contribution in [2.24, 2.45) is 0 Å². The molecule has 0 fully saturated rings. The van der Waals surface area contributed by atoms with Crippen molar-refractivity contribution in [1.29, 1.82) is 0 Å². The number of carbonyl (C=O) groups is 1. The van der Waals surface area contributed by atoms with Crippen molar-refractivity contribution in [1.82, 2.24) is 15.5 Å². The summed E-state index contributed by atoms with van der Waals surface area (Å²) < 4.78 is 0. The van der Waals surface area contributed by atoms with Gasteiger partial charge in [0.15, 0.2) is 0 Å². The maximum Gasteiger partial charge on any atom is 0.321 e. The Balaban J connectivity index is 1.58. The number of anilines is 1. The van der Waals surface area contributed by atoms with Gasteiger partial charge in [0, 0.05) is 24.5 Å². The normalized spacial score (nSPS) is 13.3. The number of halogens is 1. The number of amides is 2. The largest absolute Gasteiger partial charge is 0.337 e. The molecular weight excluding hydrogens is 308 g/mol. The summed E-state index contributed by atoms with van der Waals surface area (Å²) in [4.78, 5) is 14.0. The van der Waals surface area contributed by atoms with Gasteiger partial charge in [0.05, 0.1) is 5.69 Å². The summed E-state index contributed by atoms with van der Waals surface area (Å²) in [6, 6.07) is 5.60. The van der Waals surface area contributed by atoms with Crippen LogP contribution >= 0.6 is 22.9 Å². The molecule has 5 nitrogen and oxygen atoms in total. The van der Waals surface area contributed by atoms with Crippen molar-refractivity contribution in [3.63, 3.8) is 0 Å². The lowest BCUT2D eigenvalue weighted by Crippen LogP contribution is -2.39. The van der Waals surface area contributed by atoms with Crippen molar-refractivity contribution < 1.29 is 4.79 Å². The zero-order chi connectivity index (χ0) is 14.8. The number of aromatic nitrogens is 2. The molecule has 2 heterocycles. The highest BCUT2D eigenvalue weighted by Crippen LogP contribution is 2.30. The Morgan fingerprint density at radius 2 is 2.33 bits per heavy atom. The summed E-state index contributed by atoms with van der Waals surface area (Å²) in [6.07, 6.45) is 1.57. The predicted octanol–water partition coefficient (Wildman–Crippen LogP) is 2.81. The number of fused-ring (bicyclic) bond motifs is 1. The first-order valence-corrected chi connectivity index (χ1v) is 7.96. The van der Waals surface area contributed by atoms with E-state index in [-0.39, 0.29) is 6.03 Å². The fourth-order valence-electron chi connectivity index (χ4n) is 2.37. The number of benzene rings is 1. The lowest BCUT2D eigenvalue weighted by molar-refractivity contribution is 0.247. The molecule has 0 saturated heterocycles. The van der Waals surface area contributed by atoms with Crippen molar-refractivity contribution >= 4 is 34.7 Å². The first-order valence-electron chi connectivity index (χ1n) is 6.76. The Bertz CT molecular complexity index is 673. The Labute approximate surface area is 131 Å². The molecule has 0 atom stereocenters. The molecule has 0 bridgehead atoms. The SMILES string of the molecule is Cc1nnc(CCNC(=O)N2CCc3ccc(Cl)cc32)s1. The summed E-state index contributed by atoms with van der Waals surface area (Å²) in [5.74, 6) is 0. The van der Waals surface area contributed by atoms with Gasteiger partial charge in [0.2, 0.25) is 0 Å². The summed E-state index contributed by atoms with van der Waals surface area (Å²) in [6.45, 7) is 3.17. The number of nitrogens with one attached hydrogen (secondary N) is 1. The Hall–Kier alpha value is -1.66. The van der Waals surface area contributed by atoms with Gasteiger partial charge in [-0.25, -0.2) is 4.79 Å². The third-order valence-electron chi connectivity index (χ3n) is 3.37. The van der Waals surface area contributed by atoms with Crippen molar-refractivity contribution in [3.05, 3.63) is 38.8 Å². The lowest BCUT2D eigenvalue weighted by Gasteiger charge is -2.18. The number of carbonyl (C=O) groups excluding carboxylic acids is 1. The summed E-state index contributed by atoms with van der Waals surface area (Å²) in [7, 11) is 0.